The van der Waals surface area contributed by atoms with Gasteiger partial charge < -0.3 is 4.90 Å². The maximum absolute atomic E-state index is 5.82. The van der Waals surface area contributed by atoms with Crippen molar-refractivity contribution in [3.8, 4) is 0 Å². The van der Waals surface area contributed by atoms with Crippen molar-refractivity contribution in [2.75, 3.05) is 24.4 Å². The molecule has 0 atom stereocenters. The lowest BCUT2D eigenvalue weighted by molar-refractivity contribution is 1.13. The topological polar surface area (TPSA) is 27.6 Å². The molecule has 0 saturated heterocycles. The number of benzene rings is 2. The lowest BCUT2D eigenvalue weighted by Crippen LogP contribution is -2.08. The Labute approximate surface area is 118 Å². The van der Waals surface area contributed by atoms with E-state index in [-0.39, 0.29) is 0 Å². The van der Waals surface area contributed by atoms with Gasteiger partial charge in [-0.3, -0.25) is 5.43 Å². The highest BCUT2D eigenvalue weighted by Crippen LogP contribution is 2.15. The highest BCUT2D eigenvalue weighted by Gasteiger charge is 1.94. The Kier molecular flexibility index (Phi) is 4.42. The molecule has 4 heteroatoms. The van der Waals surface area contributed by atoms with Gasteiger partial charge in [0.1, 0.15) is 0 Å². The Morgan fingerprint density at radius 2 is 1.63 bits per heavy atom. The fraction of sp³-hybridized carbons (Fsp3) is 0.133. The molecule has 0 aliphatic heterocycles. The number of nitrogens with zero attached hydrogens (tertiary/aromatic N) is 2. The number of hydrazone groups is 1. The molecule has 0 bridgehead atoms. The highest BCUT2D eigenvalue weighted by atomic mass is 35.5. The van der Waals surface area contributed by atoms with E-state index in [0.29, 0.717) is 0 Å². The molecule has 0 amide bonds. The van der Waals surface area contributed by atoms with Gasteiger partial charge in [0.25, 0.3) is 0 Å². The Hall–Kier alpha value is -2.00. The van der Waals surface area contributed by atoms with Crippen LogP contribution in [0.5, 0.6) is 0 Å². The van der Waals surface area contributed by atoms with Crippen LogP contribution in [0.1, 0.15) is 5.56 Å². The van der Waals surface area contributed by atoms with Gasteiger partial charge in [0.05, 0.1) is 11.9 Å². The molecule has 0 aromatic heterocycles. The fourth-order valence-corrected chi connectivity index (χ4v) is 1.69. The van der Waals surface area contributed by atoms with E-state index in [1.165, 1.54) is 0 Å². The monoisotopic (exact) mass is 273 g/mol. The van der Waals surface area contributed by atoms with E-state index in [4.69, 9.17) is 11.6 Å². The average molecular weight is 274 g/mol. The van der Waals surface area contributed by atoms with Gasteiger partial charge in [-0.25, -0.2) is 0 Å². The third-order valence-corrected chi connectivity index (χ3v) is 2.91. The predicted octanol–water partition coefficient (Wildman–Crippen LogP) is 3.85. The van der Waals surface area contributed by atoms with Crippen molar-refractivity contribution < 1.29 is 0 Å². The van der Waals surface area contributed by atoms with Crippen molar-refractivity contribution in [1.29, 1.82) is 0 Å². The molecule has 0 heterocycles. The zero-order chi connectivity index (χ0) is 13.7. The molecule has 0 saturated carbocycles. The third-order valence-electron chi connectivity index (χ3n) is 2.66. The van der Waals surface area contributed by atoms with Crippen molar-refractivity contribution >= 4 is 29.2 Å². The molecular formula is C15H16ClN3. The lowest BCUT2D eigenvalue weighted by Gasteiger charge is -2.12. The van der Waals surface area contributed by atoms with E-state index in [1.54, 1.807) is 6.21 Å². The van der Waals surface area contributed by atoms with Gasteiger partial charge in [0.15, 0.2) is 0 Å². The summed E-state index contributed by atoms with van der Waals surface area (Å²) >= 11 is 5.82. The molecule has 0 aliphatic carbocycles. The molecule has 0 spiro atoms. The van der Waals surface area contributed by atoms with E-state index in [2.05, 4.69) is 15.4 Å². The minimum atomic E-state index is 0.726. The molecule has 2 aromatic rings. The third kappa shape index (κ3) is 4.00. The first-order valence-electron chi connectivity index (χ1n) is 5.97. The Bertz CT molecular complexity index is 545. The Morgan fingerprint density at radius 1 is 1.00 bits per heavy atom. The van der Waals surface area contributed by atoms with Crippen LogP contribution in [0.4, 0.5) is 11.4 Å². The van der Waals surface area contributed by atoms with E-state index in [9.17, 15) is 0 Å². The molecule has 2 aromatic carbocycles. The summed E-state index contributed by atoms with van der Waals surface area (Å²) in [5.74, 6) is 0. The summed E-state index contributed by atoms with van der Waals surface area (Å²) in [5, 5.41) is 4.91. The quantitative estimate of drug-likeness (QED) is 0.677. The lowest BCUT2D eigenvalue weighted by atomic mass is 10.2. The van der Waals surface area contributed by atoms with Gasteiger partial charge >= 0.3 is 0 Å². The van der Waals surface area contributed by atoms with Crippen LogP contribution < -0.4 is 10.3 Å². The van der Waals surface area contributed by atoms with Crippen molar-refractivity contribution in [3.63, 3.8) is 0 Å². The van der Waals surface area contributed by atoms with Gasteiger partial charge in [0, 0.05) is 24.8 Å². The second-order valence-corrected chi connectivity index (χ2v) is 4.80. The van der Waals surface area contributed by atoms with Crippen LogP contribution in [-0.2, 0) is 0 Å². The first kappa shape index (κ1) is 13.4. The minimum absolute atomic E-state index is 0.726. The largest absolute Gasteiger partial charge is 0.378 e. The SMILES string of the molecule is CN(C)c1ccc(NN=Cc2ccc(Cl)cc2)cc1. The van der Waals surface area contributed by atoms with Gasteiger partial charge in [-0.1, -0.05) is 23.7 Å². The number of hydrogen-bond donors (Lipinski definition) is 1. The molecule has 0 fully saturated rings. The van der Waals surface area contributed by atoms with E-state index >= 15 is 0 Å². The number of halogens is 1. The van der Waals surface area contributed by atoms with Crippen LogP contribution in [0.3, 0.4) is 0 Å². The molecule has 0 aliphatic rings. The van der Waals surface area contributed by atoms with Gasteiger partial charge in [-0.05, 0) is 42.0 Å². The number of hydrogen-bond acceptors (Lipinski definition) is 3. The molecule has 1 N–H and O–H groups in total. The molecule has 98 valence electrons. The van der Waals surface area contributed by atoms with Crippen LogP contribution in [0, 0.1) is 0 Å². The summed E-state index contributed by atoms with van der Waals surface area (Å²) in [4.78, 5) is 2.06. The average Bonchev–Trinajstić information content (AvgIpc) is 2.41. The summed E-state index contributed by atoms with van der Waals surface area (Å²) in [6, 6.07) is 15.6. The van der Waals surface area contributed by atoms with Crippen molar-refractivity contribution in [2.24, 2.45) is 5.10 Å². The minimum Gasteiger partial charge on any atom is -0.378 e. The zero-order valence-corrected chi connectivity index (χ0v) is 11.7. The molecule has 2 rings (SSSR count). The summed E-state index contributed by atoms with van der Waals surface area (Å²) in [6.45, 7) is 0. The fourth-order valence-electron chi connectivity index (χ4n) is 1.56. The molecule has 0 radical (unpaired) electrons. The van der Waals surface area contributed by atoms with Crippen LogP contribution in [0.25, 0.3) is 0 Å². The number of nitrogens with one attached hydrogen (secondary N) is 1. The highest BCUT2D eigenvalue weighted by molar-refractivity contribution is 6.30. The standard InChI is InChI=1S/C15H16ClN3/c1-19(2)15-9-7-14(8-10-15)18-17-11-12-3-5-13(16)6-4-12/h3-11,18H,1-2H3. The van der Waals surface area contributed by atoms with Crippen molar-refractivity contribution in [3.05, 3.63) is 59.1 Å². The molecule has 19 heavy (non-hydrogen) atoms. The number of rotatable bonds is 4. The Morgan fingerprint density at radius 3 is 2.21 bits per heavy atom. The van der Waals surface area contributed by atoms with Gasteiger partial charge in [0.2, 0.25) is 0 Å². The second kappa shape index (κ2) is 6.25. The maximum atomic E-state index is 5.82. The van der Waals surface area contributed by atoms with Crippen molar-refractivity contribution in [1.82, 2.24) is 0 Å². The summed E-state index contributed by atoms with van der Waals surface area (Å²) in [7, 11) is 4.03. The first-order valence-corrected chi connectivity index (χ1v) is 6.35. The smallest absolute Gasteiger partial charge is 0.0563 e. The summed E-state index contributed by atoms with van der Waals surface area (Å²) in [5.41, 5.74) is 6.11. The van der Waals surface area contributed by atoms with Crippen LogP contribution in [0.2, 0.25) is 5.02 Å². The van der Waals surface area contributed by atoms with Gasteiger partial charge in [-0.2, -0.15) is 5.10 Å². The van der Waals surface area contributed by atoms with Crippen LogP contribution in [-0.4, -0.2) is 20.3 Å². The van der Waals surface area contributed by atoms with E-state index in [0.717, 1.165) is 22.0 Å². The maximum Gasteiger partial charge on any atom is 0.0563 e. The first-order chi connectivity index (χ1) is 9.15. The normalized spacial score (nSPS) is 10.7. The summed E-state index contributed by atoms with van der Waals surface area (Å²) < 4.78 is 0. The molecule has 3 nitrogen and oxygen atoms in total. The van der Waals surface area contributed by atoms with E-state index in [1.807, 2.05) is 62.6 Å². The van der Waals surface area contributed by atoms with Crippen molar-refractivity contribution in [2.45, 2.75) is 0 Å². The molecule has 0 unspecified atom stereocenters. The second-order valence-electron chi connectivity index (χ2n) is 4.36. The zero-order valence-electron chi connectivity index (χ0n) is 11.0. The van der Waals surface area contributed by atoms with E-state index < -0.39 is 0 Å². The molecular weight excluding hydrogens is 258 g/mol. The van der Waals surface area contributed by atoms with Crippen LogP contribution in [0.15, 0.2) is 53.6 Å². The Balaban J connectivity index is 1.96. The predicted molar refractivity (Wildman–Crippen MR) is 83.4 cm³/mol. The van der Waals surface area contributed by atoms with Gasteiger partial charge in [-0.15, -0.1) is 0 Å². The number of anilines is 2. The van der Waals surface area contributed by atoms with Crippen LogP contribution >= 0.6 is 11.6 Å². The summed E-state index contributed by atoms with van der Waals surface area (Å²) in [6.07, 6.45) is 1.76.